The zero-order valence-corrected chi connectivity index (χ0v) is 12.2. The zero-order valence-electron chi connectivity index (χ0n) is 11.4. The van der Waals surface area contributed by atoms with Crippen LogP contribution in [0.4, 0.5) is 8.78 Å². The number of benzene rings is 1. The van der Waals surface area contributed by atoms with Gasteiger partial charge in [0.1, 0.15) is 5.75 Å². The molecule has 1 N–H and O–H groups in total. The molecule has 1 heterocycles. The average molecular weight is 317 g/mol. The first-order valence-electron chi connectivity index (χ1n) is 6.62. The minimum absolute atomic E-state index is 0.0123. The Kier molecular flexibility index (Phi) is 5.81. The van der Waals surface area contributed by atoms with Gasteiger partial charge in [0.2, 0.25) is 0 Å². The number of alkyl halides is 2. The van der Waals surface area contributed by atoms with E-state index < -0.39 is 12.6 Å². The fourth-order valence-corrected chi connectivity index (χ4v) is 3.43. The predicted octanol–water partition coefficient (Wildman–Crippen LogP) is 2.68. The summed E-state index contributed by atoms with van der Waals surface area (Å²) in [5, 5.41) is 8.95. The fraction of sp³-hybridized carbons (Fsp3) is 0.500. The van der Waals surface area contributed by atoms with E-state index in [0.29, 0.717) is 6.54 Å². The maximum Gasteiger partial charge on any atom is 0.387 e. The summed E-state index contributed by atoms with van der Waals surface area (Å²) in [7, 11) is 0. The lowest BCUT2D eigenvalue weighted by molar-refractivity contribution is -0.138. The first-order chi connectivity index (χ1) is 10.0. The molecule has 7 heteroatoms. The van der Waals surface area contributed by atoms with Gasteiger partial charge in [-0.15, -0.1) is 0 Å². The van der Waals surface area contributed by atoms with Crippen LogP contribution >= 0.6 is 11.8 Å². The third-order valence-electron chi connectivity index (χ3n) is 3.29. The summed E-state index contributed by atoms with van der Waals surface area (Å²) in [6.07, 6.45) is 0.125. The third-order valence-corrected chi connectivity index (χ3v) is 4.39. The van der Waals surface area contributed by atoms with Crippen molar-refractivity contribution in [1.82, 2.24) is 4.90 Å². The molecule has 21 heavy (non-hydrogen) atoms. The van der Waals surface area contributed by atoms with Crippen LogP contribution in [0.25, 0.3) is 0 Å². The monoisotopic (exact) mass is 317 g/mol. The van der Waals surface area contributed by atoms with Crippen molar-refractivity contribution in [2.75, 3.05) is 18.1 Å². The Morgan fingerprint density at radius 3 is 2.76 bits per heavy atom. The number of thioether (sulfide) groups is 1. The summed E-state index contributed by atoms with van der Waals surface area (Å²) in [4.78, 5) is 13.0. The highest BCUT2D eigenvalue weighted by atomic mass is 32.2. The van der Waals surface area contributed by atoms with Gasteiger partial charge in [-0.25, -0.2) is 0 Å². The third kappa shape index (κ3) is 5.17. The average Bonchev–Trinajstić information content (AvgIpc) is 2.42. The van der Waals surface area contributed by atoms with Gasteiger partial charge in [0.05, 0.1) is 6.42 Å². The molecular weight excluding hydrogens is 300 g/mol. The highest BCUT2D eigenvalue weighted by Gasteiger charge is 2.24. The normalized spacial score (nSPS) is 19.7. The summed E-state index contributed by atoms with van der Waals surface area (Å²) in [5.74, 6) is 1.11. The largest absolute Gasteiger partial charge is 0.481 e. The van der Waals surface area contributed by atoms with Crippen LogP contribution in [0, 0.1) is 0 Å². The number of aliphatic carboxylic acids is 1. The minimum Gasteiger partial charge on any atom is -0.481 e. The molecule has 0 bridgehead atoms. The van der Waals surface area contributed by atoms with Crippen molar-refractivity contribution in [2.24, 2.45) is 0 Å². The number of nitrogens with zero attached hydrogens (tertiary/aromatic N) is 1. The molecule has 1 atom stereocenters. The summed E-state index contributed by atoms with van der Waals surface area (Å²) in [6.45, 7) is -1.37. The van der Waals surface area contributed by atoms with Crippen LogP contribution in [0.3, 0.4) is 0 Å². The highest BCUT2D eigenvalue weighted by molar-refractivity contribution is 7.99. The number of carbonyl (C=O) groups is 1. The van der Waals surface area contributed by atoms with Gasteiger partial charge in [0, 0.05) is 30.6 Å². The van der Waals surface area contributed by atoms with Crippen molar-refractivity contribution in [1.29, 1.82) is 0 Å². The van der Waals surface area contributed by atoms with E-state index in [9.17, 15) is 13.6 Å². The molecular formula is C14H17F2NO3S. The Morgan fingerprint density at radius 1 is 1.43 bits per heavy atom. The Bertz CT molecular complexity index is 470. The van der Waals surface area contributed by atoms with E-state index in [1.54, 1.807) is 23.9 Å². The standard InChI is InChI=1S/C14H17F2NO3S/c15-14(16)20-12-3-1-10(2-4-12)8-17-5-6-21-9-11(17)7-13(18)19/h1-4,11,14H,5-9H2,(H,18,19). The summed E-state index contributed by atoms with van der Waals surface area (Å²) in [6, 6.07) is 6.49. The van der Waals surface area contributed by atoms with E-state index >= 15 is 0 Å². The fourth-order valence-electron chi connectivity index (χ4n) is 2.30. The Labute approximate surface area is 126 Å². The lowest BCUT2D eigenvalue weighted by Crippen LogP contribution is -2.42. The molecule has 0 spiro atoms. The number of hydrogen-bond donors (Lipinski definition) is 1. The quantitative estimate of drug-likeness (QED) is 0.874. The topological polar surface area (TPSA) is 49.8 Å². The van der Waals surface area contributed by atoms with E-state index in [2.05, 4.69) is 9.64 Å². The van der Waals surface area contributed by atoms with Gasteiger partial charge in [-0.1, -0.05) is 12.1 Å². The molecule has 1 unspecified atom stereocenters. The Hall–Kier alpha value is -1.34. The van der Waals surface area contributed by atoms with E-state index in [1.165, 1.54) is 12.1 Å². The molecule has 2 rings (SSSR count). The van der Waals surface area contributed by atoms with Gasteiger partial charge in [-0.05, 0) is 17.7 Å². The van der Waals surface area contributed by atoms with Crippen LogP contribution < -0.4 is 4.74 Å². The molecule has 1 aliphatic rings. The van der Waals surface area contributed by atoms with Gasteiger partial charge in [0.25, 0.3) is 0 Å². The Morgan fingerprint density at radius 2 is 2.14 bits per heavy atom. The van der Waals surface area contributed by atoms with Crippen molar-refractivity contribution in [3.8, 4) is 5.75 Å². The summed E-state index contributed by atoms with van der Waals surface area (Å²) in [5.41, 5.74) is 0.957. The number of hydrogen-bond acceptors (Lipinski definition) is 4. The molecule has 0 aliphatic carbocycles. The van der Waals surface area contributed by atoms with Gasteiger partial charge < -0.3 is 9.84 Å². The number of carboxylic acids is 1. The molecule has 1 fully saturated rings. The molecule has 0 aromatic heterocycles. The highest BCUT2D eigenvalue weighted by Crippen LogP contribution is 2.22. The van der Waals surface area contributed by atoms with Gasteiger partial charge in [-0.3, -0.25) is 9.69 Å². The molecule has 1 aromatic rings. The number of ether oxygens (including phenoxy) is 1. The number of carboxylic acid groups (broad SMARTS) is 1. The number of rotatable bonds is 6. The molecule has 4 nitrogen and oxygen atoms in total. The van der Waals surface area contributed by atoms with Gasteiger partial charge in [0.15, 0.2) is 0 Å². The van der Waals surface area contributed by atoms with E-state index in [4.69, 9.17) is 5.11 Å². The van der Waals surface area contributed by atoms with Gasteiger partial charge >= 0.3 is 12.6 Å². The van der Waals surface area contributed by atoms with Crippen molar-refractivity contribution in [2.45, 2.75) is 25.6 Å². The van der Waals surface area contributed by atoms with Crippen molar-refractivity contribution >= 4 is 17.7 Å². The molecule has 0 radical (unpaired) electrons. The van der Waals surface area contributed by atoms with Crippen LogP contribution in [0.2, 0.25) is 0 Å². The van der Waals surface area contributed by atoms with Crippen LogP contribution in [-0.4, -0.2) is 46.7 Å². The Balaban J connectivity index is 1.96. The second kappa shape index (κ2) is 7.61. The molecule has 1 aliphatic heterocycles. The van der Waals surface area contributed by atoms with E-state index in [-0.39, 0.29) is 18.2 Å². The van der Waals surface area contributed by atoms with Crippen LogP contribution in [0.15, 0.2) is 24.3 Å². The van der Waals surface area contributed by atoms with Crippen molar-refractivity contribution in [3.63, 3.8) is 0 Å². The van der Waals surface area contributed by atoms with Gasteiger partial charge in [-0.2, -0.15) is 20.5 Å². The molecule has 1 aromatic carbocycles. The van der Waals surface area contributed by atoms with E-state index in [0.717, 1.165) is 23.6 Å². The molecule has 116 valence electrons. The lowest BCUT2D eigenvalue weighted by atomic mass is 10.1. The zero-order chi connectivity index (χ0) is 15.2. The van der Waals surface area contributed by atoms with Crippen LogP contribution in [-0.2, 0) is 11.3 Å². The second-order valence-electron chi connectivity index (χ2n) is 4.82. The summed E-state index contributed by atoms with van der Waals surface area (Å²) >= 11 is 1.76. The first kappa shape index (κ1) is 16.0. The first-order valence-corrected chi connectivity index (χ1v) is 7.77. The lowest BCUT2D eigenvalue weighted by Gasteiger charge is -2.34. The van der Waals surface area contributed by atoms with Crippen LogP contribution in [0.5, 0.6) is 5.75 Å². The molecule has 1 saturated heterocycles. The minimum atomic E-state index is -2.82. The van der Waals surface area contributed by atoms with Crippen molar-refractivity contribution in [3.05, 3.63) is 29.8 Å². The van der Waals surface area contributed by atoms with Crippen LogP contribution in [0.1, 0.15) is 12.0 Å². The predicted molar refractivity (Wildman–Crippen MR) is 76.8 cm³/mol. The molecule has 0 amide bonds. The molecule has 0 saturated carbocycles. The maximum absolute atomic E-state index is 12.1. The van der Waals surface area contributed by atoms with E-state index in [1.807, 2.05) is 0 Å². The van der Waals surface area contributed by atoms with Crippen molar-refractivity contribution < 1.29 is 23.4 Å². The summed E-state index contributed by atoms with van der Waals surface area (Å²) < 4.78 is 28.5. The smallest absolute Gasteiger partial charge is 0.387 e. The SMILES string of the molecule is O=C(O)CC1CSCCN1Cc1ccc(OC(F)F)cc1. The second-order valence-corrected chi connectivity index (χ2v) is 5.97. The maximum atomic E-state index is 12.1. The number of halogens is 2.